The molecule has 2 rings (SSSR count). The van der Waals surface area contributed by atoms with Crippen LogP contribution in [0.4, 0.5) is 11.4 Å². The summed E-state index contributed by atoms with van der Waals surface area (Å²) in [6.45, 7) is 0.970. The molecule has 0 bridgehead atoms. The molecule has 1 N–H and O–H groups in total. The zero-order valence-corrected chi connectivity index (χ0v) is 11.6. The van der Waals surface area contributed by atoms with E-state index in [0.717, 1.165) is 0 Å². The van der Waals surface area contributed by atoms with Crippen molar-refractivity contribution >= 4 is 23.4 Å². The van der Waals surface area contributed by atoms with Gasteiger partial charge in [0.25, 0.3) is 5.69 Å². The van der Waals surface area contributed by atoms with Crippen LogP contribution in [0, 0.1) is 10.1 Å². The third-order valence-corrected chi connectivity index (χ3v) is 3.31. The molecule has 7 nitrogen and oxygen atoms in total. The topological polar surface area (TPSA) is 92.9 Å². The number of anilines is 1. The van der Waals surface area contributed by atoms with Gasteiger partial charge in [-0.25, -0.2) is 4.79 Å². The van der Waals surface area contributed by atoms with Crippen molar-refractivity contribution in [3.63, 3.8) is 0 Å². The number of carbonyl (C=O) groups excluding carboxylic acids is 1. The number of aliphatic hydroxyl groups excluding tert-OH is 1. The van der Waals surface area contributed by atoms with Gasteiger partial charge in [-0.3, -0.25) is 10.1 Å². The molecule has 0 unspecified atom stereocenters. The van der Waals surface area contributed by atoms with Crippen molar-refractivity contribution in [1.82, 2.24) is 0 Å². The van der Waals surface area contributed by atoms with Crippen LogP contribution in [0.3, 0.4) is 0 Å². The molecular weight excluding hydrogens is 276 g/mol. The fourth-order valence-electron chi connectivity index (χ4n) is 2.25. The smallest absolute Gasteiger partial charge is 0.330 e. The lowest BCUT2D eigenvalue weighted by molar-refractivity contribution is -0.384. The fourth-order valence-corrected chi connectivity index (χ4v) is 2.25. The second-order valence-electron chi connectivity index (χ2n) is 4.75. The minimum atomic E-state index is -0.524. The Morgan fingerprint density at radius 2 is 2.33 bits per heavy atom. The third-order valence-electron chi connectivity index (χ3n) is 3.31. The van der Waals surface area contributed by atoms with E-state index < -0.39 is 17.0 Å². The highest BCUT2D eigenvalue weighted by Crippen LogP contribution is 2.32. The Morgan fingerprint density at radius 1 is 1.57 bits per heavy atom. The number of ether oxygens (including phenoxy) is 1. The van der Waals surface area contributed by atoms with Crippen molar-refractivity contribution in [1.29, 1.82) is 0 Å². The Hall–Kier alpha value is -2.41. The highest BCUT2D eigenvalue weighted by molar-refractivity contribution is 5.87. The summed E-state index contributed by atoms with van der Waals surface area (Å²) in [5, 5.41) is 20.8. The second kappa shape index (κ2) is 6.36. The molecule has 1 heterocycles. The first-order chi connectivity index (χ1) is 10.0. The first-order valence-corrected chi connectivity index (χ1v) is 6.48. The molecule has 1 saturated heterocycles. The zero-order valence-electron chi connectivity index (χ0n) is 11.6. The minimum absolute atomic E-state index is 0.0453. The molecule has 0 aromatic heterocycles. The van der Waals surface area contributed by atoms with Gasteiger partial charge >= 0.3 is 5.97 Å². The molecule has 112 valence electrons. The molecule has 1 atom stereocenters. The van der Waals surface area contributed by atoms with Gasteiger partial charge in [-0.2, -0.15) is 0 Å². The Balaban J connectivity index is 2.29. The van der Waals surface area contributed by atoms with Crippen LogP contribution in [0.1, 0.15) is 12.0 Å². The van der Waals surface area contributed by atoms with E-state index in [1.54, 1.807) is 17.0 Å². The zero-order chi connectivity index (χ0) is 15.4. The highest BCUT2D eigenvalue weighted by Gasteiger charge is 2.26. The predicted molar refractivity (Wildman–Crippen MR) is 77.0 cm³/mol. The van der Waals surface area contributed by atoms with Crippen LogP contribution in [-0.4, -0.2) is 42.3 Å². The normalized spacial score (nSPS) is 18.2. The minimum Gasteiger partial charge on any atom is -0.466 e. The van der Waals surface area contributed by atoms with Crippen LogP contribution >= 0.6 is 0 Å². The molecule has 1 aromatic carbocycles. The SMILES string of the molecule is COC(=O)/C=C/c1ccc(N2CC[C@H](O)C2)c([N+](=O)[O-])c1. The van der Waals surface area contributed by atoms with Crippen molar-refractivity contribution in [2.45, 2.75) is 12.5 Å². The van der Waals surface area contributed by atoms with E-state index in [4.69, 9.17) is 0 Å². The summed E-state index contributed by atoms with van der Waals surface area (Å²) in [7, 11) is 1.26. The van der Waals surface area contributed by atoms with Gasteiger partial charge in [0.05, 0.1) is 18.1 Å². The largest absolute Gasteiger partial charge is 0.466 e. The van der Waals surface area contributed by atoms with E-state index in [2.05, 4.69) is 4.74 Å². The van der Waals surface area contributed by atoms with E-state index in [9.17, 15) is 20.0 Å². The number of nitro benzene ring substituents is 1. The lowest BCUT2D eigenvalue weighted by Gasteiger charge is -2.17. The lowest BCUT2D eigenvalue weighted by atomic mass is 10.1. The monoisotopic (exact) mass is 292 g/mol. The molecule has 1 aliphatic heterocycles. The number of aliphatic hydroxyl groups is 1. The molecule has 1 fully saturated rings. The van der Waals surface area contributed by atoms with Crippen molar-refractivity contribution in [2.75, 3.05) is 25.1 Å². The summed E-state index contributed by atoms with van der Waals surface area (Å²) in [5.41, 5.74) is 0.971. The number of hydrogen-bond donors (Lipinski definition) is 1. The standard InChI is InChI=1S/C14H16N2O5/c1-21-14(18)5-3-10-2-4-12(13(8-10)16(19)20)15-7-6-11(17)9-15/h2-5,8,11,17H,6-7,9H2,1H3/b5-3+/t11-/m0/s1. The number of nitro groups is 1. The van der Waals surface area contributed by atoms with Gasteiger partial charge < -0.3 is 14.7 Å². The molecule has 0 spiro atoms. The summed E-state index contributed by atoms with van der Waals surface area (Å²) in [6.07, 6.45) is 2.81. The predicted octanol–water partition coefficient (Wildman–Crippen LogP) is 1.35. The molecule has 7 heteroatoms. The maximum absolute atomic E-state index is 11.2. The Kier molecular flexibility index (Phi) is 4.54. The third kappa shape index (κ3) is 3.57. The second-order valence-corrected chi connectivity index (χ2v) is 4.75. The van der Waals surface area contributed by atoms with E-state index in [0.29, 0.717) is 30.8 Å². The van der Waals surface area contributed by atoms with Crippen molar-refractivity contribution < 1.29 is 19.6 Å². The molecule has 0 radical (unpaired) electrons. The number of methoxy groups -OCH3 is 1. The quantitative estimate of drug-likeness (QED) is 0.390. The summed E-state index contributed by atoms with van der Waals surface area (Å²) < 4.78 is 4.47. The van der Waals surface area contributed by atoms with Crippen LogP contribution in [0.2, 0.25) is 0 Å². The van der Waals surface area contributed by atoms with Gasteiger partial charge in [0, 0.05) is 25.2 Å². The molecular formula is C14H16N2O5. The number of rotatable bonds is 4. The number of hydrogen-bond acceptors (Lipinski definition) is 6. The first kappa shape index (κ1) is 15.0. The number of nitrogens with zero attached hydrogens (tertiary/aromatic N) is 2. The van der Waals surface area contributed by atoms with Crippen LogP contribution in [0.5, 0.6) is 0 Å². The summed E-state index contributed by atoms with van der Waals surface area (Å²) in [4.78, 5) is 23.6. The Labute approximate surface area is 121 Å². The average Bonchev–Trinajstić information content (AvgIpc) is 2.90. The van der Waals surface area contributed by atoms with Gasteiger partial charge in [-0.05, 0) is 24.1 Å². The number of carbonyl (C=O) groups is 1. The van der Waals surface area contributed by atoms with Gasteiger partial charge in [0.1, 0.15) is 5.69 Å². The summed E-state index contributed by atoms with van der Waals surface area (Å²) >= 11 is 0. The lowest BCUT2D eigenvalue weighted by Crippen LogP contribution is -2.22. The van der Waals surface area contributed by atoms with Crippen molar-refractivity contribution in [3.8, 4) is 0 Å². The highest BCUT2D eigenvalue weighted by atomic mass is 16.6. The molecule has 0 saturated carbocycles. The fraction of sp³-hybridized carbons (Fsp3) is 0.357. The molecule has 1 aromatic rings. The molecule has 21 heavy (non-hydrogen) atoms. The van der Waals surface area contributed by atoms with Crippen molar-refractivity contribution in [2.24, 2.45) is 0 Å². The number of β-amino-alcohol motifs (C(OH)–C–C–N with tert-alkyl or cyclic N) is 1. The van der Waals surface area contributed by atoms with Crippen LogP contribution in [0.15, 0.2) is 24.3 Å². The maximum Gasteiger partial charge on any atom is 0.330 e. The first-order valence-electron chi connectivity index (χ1n) is 6.48. The average molecular weight is 292 g/mol. The van der Waals surface area contributed by atoms with Crippen LogP contribution < -0.4 is 4.90 Å². The van der Waals surface area contributed by atoms with Crippen molar-refractivity contribution in [3.05, 3.63) is 40.0 Å². The van der Waals surface area contributed by atoms with Gasteiger partial charge in [0.2, 0.25) is 0 Å². The molecule has 0 amide bonds. The summed E-state index contributed by atoms with van der Waals surface area (Å²) in [6, 6.07) is 4.72. The Bertz CT molecular complexity index is 585. The number of benzene rings is 1. The van der Waals surface area contributed by atoms with Gasteiger partial charge in [0.15, 0.2) is 0 Å². The van der Waals surface area contributed by atoms with E-state index in [-0.39, 0.29) is 5.69 Å². The van der Waals surface area contributed by atoms with E-state index in [1.165, 1.54) is 25.3 Å². The number of esters is 1. The molecule has 1 aliphatic rings. The van der Waals surface area contributed by atoms with E-state index in [1.807, 2.05) is 0 Å². The van der Waals surface area contributed by atoms with E-state index >= 15 is 0 Å². The molecule has 0 aliphatic carbocycles. The Morgan fingerprint density at radius 3 is 2.90 bits per heavy atom. The maximum atomic E-state index is 11.2. The van der Waals surface area contributed by atoms with Gasteiger partial charge in [-0.1, -0.05) is 6.07 Å². The van der Waals surface area contributed by atoms with Gasteiger partial charge in [-0.15, -0.1) is 0 Å². The van der Waals surface area contributed by atoms with Crippen LogP contribution in [0.25, 0.3) is 6.08 Å². The van der Waals surface area contributed by atoms with Crippen LogP contribution in [-0.2, 0) is 9.53 Å². The summed E-state index contributed by atoms with van der Waals surface area (Å²) in [5.74, 6) is -0.524.